The zero-order chi connectivity index (χ0) is 16.3. The van der Waals surface area contributed by atoms with E-state index in [1.165, 1.54) is 10.8 Å². The summed E-state index contributed by atoms with van der Waals surface area (Å²) < 4.78 is 61.6. The molecule has 120 valence electrons. The Kier molecular flexibility index (Phi) is 6.30. The van der Waals surface area contributed by atoms with Gasteiger partial charge < -0.3 is 5.32 Å². The van der Waals surface area contributed by atoms with Crippen molar-refractivity contribution in [1.82, 2.24) is 10.0 Å². The fourth-order valence-electron chi connectivity index (χ4n) is 1.43. The number of alkyl halides is 3. The molecule has 0 aliphatic carbocycles. The van der Waals surface area contributed by atoms with Crippen LogP contribution in [-0.2, 0) is 16.6 Å². The van der Waals surface area contributed by atoms with Gasteiger partial charge in [0.1, 0.15) is 11.4 Å². The van der Waals surface area contributed by atoms with Gasteiger partial charge in [-0.3, -0.25) is 0 Å². The largest absolute Gasteiger partial charge is 0.402 e. The van der Waals surface area contributed by atoms with Crippen LogP contribution in [0, 0.1) is 0 Å². The molecular formula is C11H13Cl2F3N2O2S. The van der Waals surface area contributed by atoms with E-state index < -0.39 is 27.6 Å². The fourth-order valence-corrected chi connectivity index (χ4v) is 3.30. The van der Waals surface area contributed by atoms with E-state index in [1.54, 1.807) is 0 Å². The van der Waals surface area contributed by atoms with Crippen LogP contribution in [0.5, 0.6) is 0 Å². The Labute approximate surface area is 130 Å². The minimum atomic E-state index is -4.65. The van der Waals surface area contributed by atoms with Crippen molar-refractivity contribution in [3.05, 3.63) is 27.7 Å². The lowest BCUT2D eigenvalue weighted by Crippen LogP contribution is -2.34. The summed E-state index contributed by atoms with van der Waals surface area (Å²) >= 11 is 11.7. The van der Waals surface area contributed by atoms with Crippen molar-refractivity contribution in [3.63, 3.8) is 0 Å². The Bertz CT molecular complexity index is 606. The minimum Gasteiger partial charge on any atom is -0.313 e. The van der Waals surface area contributed by atoms with Crippen LogP contribution in [0.2, 0.25) is 10.0 Å². The SMILES string of the molecule is CCNCc1cc(S(=O)(=O)NCC(F)(F)F)c(Cl)cc1Cl. The van der Waals surface area contributed by atoms with Crippen molar-refractivity contribution in [3.8, 4) is 0 Å². The fraction of sp³-hybridized carbons (Fsp3) is 0.455. The maximum absolute atomic E-state index is 12.1. The van der Waals surface area contributed by atoms with Crippen LogP contribution in [0.15, 0.2) is 17.0 Å². The predicted octanol–water partition coefficient (Wildman–Crippen LogP) is 2.94. The van der Waals surface area contributed by atoms with E-state index in [0.29, 0.717) is 12.1 Å². The van der Waals surface area contributed by atoms with Crippen molar-refractivity contribution in [1.29, 1.82) is 0 Å². The van der Waals surface area contributed by atoms with Gasteiger partial charge >= 0.3 is 6.18 Å². The van der Waals surface area contributed by atoms with Gasteiger partial charge in [-0.2, -0.15) is 13.2 Å². The molecule has 0 unspecified atom stereocenters. The molecule has 0 aromatic heterocycles. The zero-order valence-corrected chi connectivity index (χ0v) is 13.2. The topological polar surface area (TPSA) is 58.2 Å². The number of benzene rings is 1. The van der Waals surface area contributed by atoms with Crippen molar-refractivity contribution >= 4 is 33.2 Å². The first-order chi connectivity index (χ1) is 9.57. The third-order valence-corrected chi connectivity index (χ3v) is 4.64. The van der Waals surface area contributed by atoms with Crippen molar-refractivity contribution in [2.45, 2.75) is 24.5 Å². The molecule has 0 bridgehead atoms. The van der Waals surface area contributed by atoms with Gasteiger partial charge in [0.15, 0.2) is 0 Å². The molecule has 0 spiro atoms. The second-order valence-corrected chi connectivity index (χ2v) is 6.64. The lowest BCUT2D eigenvalue weighted by molar-refractivity contribution is -0.121. The molecule has 2 N–H and O–H groups in total. The molecule has 0 atom stereocenters. The van der Waals surface area contributed by atoms with E-state index >= 15 is 0 Å². The molecule has 0 radical (unpaired) electrons. The van der Waals surface area contributed by atoms with Crippen molar-refractivity contribution < 1.29 is 21.6 Å². The highest BCUT2D eigenvalue weighted by Gasteiger charge is 2.31. The molecule has 10 heteroatoms. The Balaban J connectivity index is 3.10. The average molecular weight is 365 g/mol. The quantitative estimate of drug-likeness (QED) is 0.815. The molecule has 0 saturated heterocycles. The molecule has 0 saturated carbocycles. The monoisotopic (exact) mass is 364 g/mol. The molecule has 1 aromatic rings. The van der Waals surface area contributed by atoms with Gasteiger partial charge in [0, 0.05) is 11.6 Å². The number of nitrogens with one attached hydrogen (secondary N) is 2. The van der Waals surface area contributed by atoms with Gasteiger partial charge in [0.2, 0.25) is 10.0 Å². The van der Waals surface area contributed by atoms with E-state index in [-0.39, 0.29) is 16.6 Å². The van der Waals surface area contributed by atoms with Crippen LogP contribution in [0.3, 0.4) is 0 Å². The van der Waals surface area contributed by atoms with Crippen LogP contribution in [0.4, 0.5) is 13.2 Å². The standard InChI is InChI=1S/C11H13Cl2F3N2O2S/c1-2-17-5-7-3-10(9(13)4-8(7)12)21(19,20)18-6-11(14,15)16/h3-4,17-18H,2,5-6H2,1H3. The summed E-state index contributed by atoms with van der Waals surface area (Å²) in [4.78, 5) is -0.439. The summed E-state index contributed by atoms with van der Waals surface area (Å²) in [5, 5.41) is 2.93. The second-order valence-electron chi connectivity index (χ2n) is 4.09. The summed E-state index contributed by atoms with van der Waals surface area (Å²) in [6.45, 7) is 1.06. The lowest BCUT2D eigenvalue weighted by atomic mass is 10.2. The molecular weight excluding hydrogens is 352 g/mol. The highest BCUT2D eigenvalue weighted by molar-refractivity contribution is 7.89. The molecule has 0 aliphatic heterocycles. The highest BCUT2D eigenvalue weighted by atomic mass is 35.5. The van der Waals surface area contributed by atoms with E-state index in [0.717, 1.165) is 6.07 Å². The Morgan fingerprint density at radius 2 is 1.81 bits per heavy atom. The molecule has 0 heterocycles. The van der Waals surface area contributed by atoms with Crippen LogP contribution in [-0.4, -0.2) is 27.7 Å². The van der Waals surface area contributed by atoms with Crippen LogP contribution >= 0.6 is 23.2 Å². The molecule has 1 rings (SSSR count). The first kappa shape index (κ1) is 18.5. The van der Waals surface area contributed by atoms with Gasteiger partial charge in [0.05, 0.1) is 5.02 Å². The maximum Gasteiger partial charge on any atom is 0.402 e. The van der Waals surface area contributed by atoms with Crippen LogP contribution in [0.1, 0.15) is 12.5 Å². The van der Waals surface area contributed by atoms with E-state index in [2.05, 4.69) is 5.32 Å². The minimum absolute atomic E-state index is 0.232. The Hall–Kier alpha value is -0.540. The van der Waals surface area contributed by atoms with Gasteiger partial charge in [-0.15, -0.1) is 0 Å². The first-order valence-electron chi connectivity index (χ1n) is 5.82. The van der Waals surface area contributed by atoms with Crippen LogP contribution in [0.25, 0.3) is 0 Å². The first-order valence-corrected chi connectivity index (χ1v) is 8.06. The molecule has 1 aromatic carbocycles. The zero-order valence-electron chi connectivity index (χ0n) is 10.9. The molecule has 0 amide bonds. The molecule has 0 fully saturated rings. The smallest absolute Gasteiger partial charge is 0.313 e. The predicted molar refractivity (Wildman–Crippen MR) is 75.1 cm³/mol. The third-order valence-electron chi connectivity index (χ3n) is 2.42. The van der Waals surface area contributed by atoms with Gasteiger partial charge in [0.25, 0.3) is 0 Å². The molecule has 0 aliphatic rings. The lowest BCUT2D eigenvalue weighted by Gasteiger charge is -2.13. The Morgan fingerprint density at radius 3 is 2.33 bits per heavy atom. The number of rotatable bonds is 6. The summed E-state index contributed by atoms with van der Waals surface area (Å²) in [5.41, 5.74) is 0.426. The average Bonchev–Trinajstić information content (AvgIpc) is 2.34. The van der Waals surface area contributed by atoms with Gasteiger partial charge in [-0.1, -0.05) is 30.1 Å². The summed E-state index contributed by atoms with van der Waals surface area (Å²) in [5.74, 6) is 0. The van der Waals surface area contributed by atoms with Crippen LogP contribution < -0.4 is 10.0 Å². The van der Waals surface area contributed by atoms with Crippen molar-refractivity contribution in [2.24, 2.45) is 0 Å². The van der Waals surface area contributed by atoms with E-state index in [9.17, 15) is 21.6 Å². The van der Waals surface area contributed by atoms with Gasteiger partial charge in [-0.25, -0.2) is 13.1 Å². The summed E-state index contributed by atoms with van der Waals surface area (Å²) in [6.07, 6.45) is -4.65. The molecule has 4 nitrogen and oxygen atoms in total. The Morgan fingerprint density at radius 1 is 1.19 bits per heavy atom. The maximum atomic E-state index is 12.1. The third kappa shape index (κ3) is 5.63. The van der Waals surface area contributed by atoms with Crippen molar-refractivity contribution in [2.75, 3.05) is 13.1 Å². The highest BCUT2D eigenvalue weighted by Crippen LogP contribution is 2.29. The second kappa shape index (κ2) is 7.15. The van der Waals surface area contributed by atoms with E-state index in [4.69, 9.17) is 23.2 Å². The number of hydrogen-bond donors (Lipinski definition) is 2. The van der Waals surface area contributed by atoms with Gasteiger partial charge in [-0.05, 0) is 24.2 Å². The normalized spacial score (nSPS) is 12.7. The number of sulfonamides is 1. The van der Waals surface area contributed by atoms with E-state index in [1.807, 2.05) is 6.92 Å². The number of hydrogen-bond acceptors (Lipinski definition) is 3. The summed E-state index contributed by atoms with van der Waals surface area (Å²) in [6, 6.07) is 2.35. The summed E-state index contributed by atoms with van der Waals surface area (Å²) in [7, 11) is -4.38. The number of halogens is 5. The molecule has 21 heavy (non-hydrogen) atoms.